The summed E-state index contributed by atoms with van der Waals surface area (Å²) in [6, 6.07) is 6.59. The minimum absolute atomic E-state index is 0.470. The summed E-state index contributed by atoms with van der Waals surface area (Å²) in [4.78, 5) is 11.6. The van der Waals surface area contributed by atoms with Crippen molar-refractivity contribution in [3.63, 3.8) is 0 Å². The van der Waals surface area contributed by atoms with Crippen LogP contribution in [0.25, 0.3) is 0 Å². The molecule has 1 heteroatoms. The van der Waals surface area contributed by atoms with E-state index < -0.39 is 0 Å². The Kier molecular flexibility index (Phi) is 2.34. The number of carbonyl (C=O) groups is 1. The zero-order valence-corrected chi connectivity index (χ0v) is 9.83. The van der Waals surface area contributed by atoms with Crippen molar-refractivity contribution < 1.29 is 4.79 Å². The summed E-state index contributed by atoms with van der Waals surface area (Å²) in [5, 5.41) is 0. The van der Waals surface area contributed by atoms with E-state index in [9.17, 15) is 4.79 Å². The molecule has 1 nitrogen and oxygen atoms in total. The number of fused-ring (bicyclic) bond motifs is 3. The molecule has 0 aliphatic heterocycles. The summed E-state index contributed by atoms with van der Waals surface area (Å²) in [7, 11) is 0. The van der Waals surface area contributed by atoms with E-state index in [1.807, 2.05) is 0 Å². The lowest BCUT2D eigenvalue weighted by Gasteiger charge is -2.37. The molecule has 3 rings (SSSR count). The molecular formula is C15H18O. The van der Waals surface area contributed by atoms with Gasteiger partial charge in [0.15, 0.2) is 0 Å². The van der Waals surface area contributed by atoms with Gasteiger partial charge in [0.25, 0.3) is 0 Å². The molecule has 1 aromatic carbocycles. The monoisotopic (exact) mass is 214 g/mol. The molecule has 2 aliphatic rings. The Morgan fingerprint density at radius 2 is 2.00 bits per heavy atom. The summed E-state index contributed by atoms with van der Waals surface area (Å²) >= 11 is 0. The third-order valence-electron chi connectivity index (χ3n) is 4.38. The Bertz CT molecular complexity index is 433. The molecule has 2 aliphatic carbocycles. The van der Waals surface area contributed by atoms with E-state index in [1.165, 1.54) is 29.5 Å². The van der Waals surface area contributed by atoms with E-state index in [2.05, 4.69) is 25.1 Å². The quantitative estimate of drug-likeness (QED) is 0.647. The van der Waals surface area contributed by atoms with Crippen molar-refractivity contribution in [2.24, 2.45) is 5.92 Å². The predicted octanol–water partition coefficient (Wildman–Crippen LogP) is 3.39. The van der Waals surface area contributed by atoms with Crippen LogP contribution in [0, 0.1) is 12.8 Å². The van der Waals surface area contributed by atoms with Crippen LogP contribution in [0.15, 0.2) is 18.2 Å². The van der Waals surface area contributed by atoms with Gasteiger partial charge >= 0.3 is 0 Å². The molecule has 0 radical (unpaired) electrons. The van der Waals surface area contributed by atoms with E-state index in [0.29, 0.717) is 11.7 Å². The molecule has 1 saturated carbocycles. The highest BCUT2D eigenvalue weighted by atomic mass is 16.1. The Morgan fingerprint density at radius 3 is 2.88 bits per heavy atom. The lowest BCUT2D eigenvalue weighted by molar-refractivity contribution is -0.121. The molecule has 2 unspecified atom stereocenters. The number of carbonyl (C=O) groups excluding carboxylic acids is 1. The van der Waals surface area contributed by atoms with Crippen LogP contribution in [0.4, 0.5) is 0 Å². The van der Waals surface area contributed by atoms with Crippen molar-refractivity contribution in [1.29, 1.82) is 0 Å². The minimum atomic E-state index is 0.470. The van der Waals surface area contributed by atoms with Gasteiger partial charge in [-0.3, -0.25) is 4.79 Å². The Balaban J connectivity index is 2.06. The number of hydrogen-bond donors (Lipinski definition) is 0. The van der Waals surface area contributed by atoms with E-state index in [-0.39, 0.29) is 0 Å². The third-order valence-corrected chi connectivity index (χ3v) is 4.38. The highest BCUT2D eigenvalue weighted by Gasteiger charge is 2.35. The van der Waals surface area contributed by atoms with Crippen LogP contribution in [0.3, 0.4) is 0 Å². The van der Waals surface area contributed by atoms with Gasteiger partial charge in [0.1, 0.15) is 5.78 Å². The van der Waals surface area contributed by atoms with Crippen LogP contribution in [0.1, 0.15) is 48.3 Å². The molecule has 84 valence electrons. The third kappa shape index (κ3) is 1.50. The molecule has 0 bridgehead atoms. The fourth-order valence-corrected chi connectivity index (χ4v) is 3.58. The summed E-state index contributed by atoms with van der Waals surface area (Å²) < 4.78 is 0. The average molecular weight is 214 g/mol. The summed E-state index contributed by atoms with van der Waals surface area (Å²) in [5.41, 5.74) is 4.39. The zero-order chi connectivity index (χ0) is 11.1. The van der Waals surface area contributed by atoms with Crippen molar-refractivity contribution in [1.82, 2.24) is 0 Å². The first-order valence-electron chi connectivity index (χ1n) is 6.36. The van der Waals surface area contributed by atoms with Crippen LogP contribution in [0.5, 0.6) is 0 Å². The van der Waals surface area contributed by atoms with Gasteiger partial charge in [-0.25, -0.2) is 0 Å². The molecule has 0 aromatic heterocycles. The summed E-state index contributed by atoms with van der Waals surface area (Å²) in [6.07, 6.45) is 5.24. The van der Waals surface area contributed by atoms with Gasteiger partial charge in [0.05, 0.1) is 0 Å². The molecule has 0 heterocycles. The fourth-order valence-electron chi connectivity index (χ4n) is 3.58. The highest BCUT2D eigenvalue weighted by molar-refractivity contribution is 5.80. The summed E-state index contributed by atoms with van der Waals surface area (Å²) in [6.45, 7) is 2.19. The van der Waals surface area contributed by atoms with Crippen LogP contribution < -0.4 is 0 Å². The highest BCUT2D eigenvalue weighted by Crippen LogP contribution is 2.45. The number of ketones is 1. The first-order chi connectivity index (χ1) is 7.75. The Labute approximate surface area is 96.9 Å². The maximum atomic E-state index is 11.6. The van der Waals surface area contributed by atoms with Gasteiger partial charge in [-0.2, -0.15) is 0 Å². The molecule has 2 atom stereocenters. The topological polar surface area (TPSA) is 17.1 Å². The second-order valence-electron chi connectivity index (χ2n) is 5.33. The number of rotatable bonds is 0. The molecule has 0 spiro atoms. The van der Waals surface area contributed by atoms with E-state index >= 15 is 0 Å². The first-order valence-corrected chi connectivity index (χ1v) is 6.36. The maximum Gasteiger partial charge on any atom is 0.133 e. The number of aryl methyl sites for hydroxylation is 2. The second-order valence-corrected chi connectivity index (χ2v) is 5.33. The largest absolute Gasteiger partial charge is 0.300 e. The Morgan fingerprint density at radius 1 is 1.19 bits per heavy atom. The van der Waals surface area contributed by atoms with Crippen molar-refractivity contribution in [3.8, 4) is 0 Å². The van der Waals surface area contributed by atoms with Gasteiger partial charge in [0, 0.05) is 12.8 Å². The van der Waals surface area contributed by atoms with Gasteiger partial charge in [-0.1, -0.05) is 18.2 Å². The molecule has 0 amide bonds. The first kappa shape index (κ1) is 10.1. The molecular weight excluding hydrogens is 196 g/mol. The van der Waals surface area contributed by atoms with Gasteiger partial charge in [-0.05, 0) is 54.7 Å². The van der Waals surface area contributed by atoms with E-state index in [4.69, 9.17) is 0 Å². The molecule has 16 heavy (non-hydrogen) atoms. The smallest absolute Gasteiger partial charge is 0.133 e. The van der Waals surface area contributed by atoms with Crippen molar-refractivity contribution >= 4 is 5.78 Å². The average Bonchev–Trinajstić information content (AvgIpc) is 2.28. The van der Waals surface area contributed by atoms with Crippen LogP contribution in [0.2, 0.25) is 0 Å². The lowest BCUT2D eigenvalue weighted by atomic mass is 9.67. The molecule has 1 fully saturated rings. The maximum absolute atomic E-state index is 11.6. The van der Waals surface area contributed by atoms with Crippen LogP contribution >= 0.6 is 0 Å². The Hall–Kier alpha value is -1.11. The fraction of sp³-hybridized carbons (Fsp3) is 0.533. The van der Waals surface area contributed by atoms with Crippen LogP contribution in [-0.4, -0.2) is 5.78 Å². The van der Waals surface area contributed by atoms with Gasteiger partial charge in [-0.15, -0.1) is 0 Å². The molecule has 0 saturated heterocycles. The SMILES string of the molecule is Cc1cccc2c1C1CC(=O)CCC1CC2. The summed E-state index contributed by atoms with van der Waals surface area (Å²) in [5.74, 6) is 1.77. The second kappa shape index (κ2) is 3.73. The standard InChI is InChI=1S/C15H18O/c1-10-3-2-4-12-6-5-11-7-8-13(16)9-14(11)15(10)12/h2-4,11,14H,5-9H2,1H3. The van der Waals surface area contributed by atoms with Gasteiger partial charge in [0.2, 0.25) is 0 Å². The van der Waals surface area contributed by atoms with Crippen molar-refractivity contribution in [3.05, 3.63) is 34.9 Å². The normalized spacial score (nSPS) is 28.4. The molecule has 1 aromatic rings. The van der Waals surface area contributed by atoms with E-state index in [1.54, 1.807) is 0 Å². The number of Topliss-reactive ketones (excluding diaryl/α,β-unsaturated/α-hetero) is 1. The number of hydrogen-bond acceptors (Lipinski definition) is 1. The zero-order valence-electron chi connectivity index (χ0n) is 9.83. The van der Waals surface area contributed by atoms with Crippen molar-refractivity contribution in [2.45, 2.75) is 44.9 Å². The predicted molar refractivity (Wildman–Crippen MR) is 64.6 cm³/mol. The molecule has 0 N–H and O–H groups in total. The minimum Gasteiger partial charge on any atom is -0.300 e. The van der Waals surface area contributed by atoms with Crippen molar-refractivity contribution in [2.75, 3.05) is 0 Å². The lowest BCUT2D eigenvalue weighted by Crippen LogP contribution is -2.28. The van der Waals surface area contributed by atoms with E-state index in [0.717, 1.165) is 25.2 Å². The number of benzene rings is 1. The van der Waals surface area contributed by atoms with Crippen LogP contribution in [-0.2, 0) is 11.2 Å². The van der Waals surface area contributed by atoms with Gasteiger partial charge < -0.3 is 0 Å².